The lowest BCUT2D eigenvalue weighted by Crippen LogP contribution is -2.08. The maximum absolute atomic E-state index is 5.99. The molecule has 0 aliphatic carbocycles. The fourth-order valence-electron chi connectivity index (χ4n) is 2.43. The van der Waals surface area contributed by atoms with E-state index in [2.05, 4.69) is 25.0 Å². The van der Waals surface area contributed by atoms with Gasteiger partial charge in [-0.1, -0.05) is 0 Å². The van der Waals surface area contributed by atoms with Crippen molar-refractivity contribution in [3.05, 3.63) is 29.6 Å². The Morgan fingerprint density at radius 3 is 2.74 bits per heavy atom. The molecule has 0 fully saturated rings. The molecule has 0 aliphatic heterocycles. The van der Waals surface area contributed by atoms with E-state index in [1.807, 2.05) is 20.8 Å². The third-order valence-corrected chi connectivity index (χ3v) is 3.21. The fourth-order valence-corrected chi connectivity index (χ4v) is 2.43. The minimum absolute atomic E-state index is 0.0622. The van der Waals surface area contributed by atoms with Crippen molar-refractivity contribution in [1.29, 1.82) is 0 Å². The number of nitrogens with one attached hydrogen (secondary N) is 1. The van der Waals surface area contributed by atoms with E-state index in [1.54, 1.807) is 11.0 Å². The first-order chi connectivity index (χ1) is 9.09. The molecular weight excluding hydrogens is 242 g/mol. The van der Waals surface area contributed by atoms with Crippen LogP contribution < -0.4 is 5.73 Å². The molecule has 1 unspecified atom stereocenters. The van der Waals surface area contributed by atoms with Crippen LogP contribution in [0.4, 0.5) is 0 Å². The molecule has 0 amide bonds. The van der Waals surface area contributed by atoms with Gasteiger partial charge in [0.1, 0.15) is 11.8 Å². The lowest BCUT2D eigenvalue weighted by molar-refractivity contribution is 0.788. The molecular formula is C12H15N7. The summed E-state index contributed by atoms with van der Waals surface area (Å²) in [5.41, 5.74) is 10.3. The molecule has 98 valence electrons. The largest absolute Gasteiger partial charge is 0.340 e. The topological polar surface area (TPSA) is 98.3 Å². The van der Waals surface area contributed by atoms with Crippen LogP contribution in [0.5, 0.6) is 0 Å². The molecule has 3 heterocycles. The summed E-state index contributed by atoms with van der Waals surface area (Å²) in [4.78, 5) is 15.6. The van der Waals surface area contributed by atoms with Gasteiger partial charge in [0.05, 0.1) is 12.0 Å². The molecule has 0 radical (unpaired) electrons. The lowest BCUT2D eigenvalue weighted by Gasteiger charge is -2.07. The first kappa shape index (κ1) is 11.8. The average Bonchev–Trinajstić information content (AvgIpc) is 2.93. The summed E-state index contributed by atoms with van der Waals surface area (Å²) in [5.74, 6) is 0.690. The second kappa shape index (κ2) is 4.13. The molecule has 0 saturated carbocycles. The fraction of sp³-hybridized carbons (Fsp3) is 0.333. The van der Waals surface area contributed by atoms with Crippen molar-refractivity contribution in [2.24, 2.45) is 5.73 Å². The van der Waals surface area contributed by atoms with Gasteiger partial charge in [-0.25, -0.2) is 19.6 Å². The number of rotatable bonds is 2. The highest BCUT2D eigenvalue weighted by atomic mass is 15.3. The van der Waals surface area contributed by atoms with Crippen molar-refractivity contribution < 1.29 is 0 Å². The Kier molecular flexibility index (Phi) is 2.56. The van der Waals surface area contributed by atoms with E-state index in [-0.39, 0.29) is 6.04 Å². The lowest BCUT2D eigenvalue weighted by atomic mass is 10.1. The molecule has 0 aromatic carbocycles. The van der Waals surface area contributed by atoms with Crippen molar-refractivity contribution in [3.63, 3.8) is 0 Å². The van der Waals surface area contributed by atoms with E-state index in [0.717, 1.165) is 22.5 Å². The second-order valence-electron chi connectivity index (χ2n) is 4.58. The highest BCUT2D eigenvalue weighted by Crippen LogP contribution is 2.23. The first-order valence-corrected chi connectivity index (χ1v) is 6.05. The van der Waals surface area contributed by atoms with Crippen LogP contribution in [0.25, 0.3) is 17.0 Å². The minimum atomic E-state index is -0.0622. The molecule has 3 rings (SSSR count). The van der Waals surface area contributed by atoms with Crippen LogP contribution in [-0.2, 0) is 0 Å². The van der Waals surface area contributed by atoms with E-state index < -0.39 is 0 Å². The van der Waals surface area contributed by atoms with E-state index in [0.29, 0.717) is 11.5 Å². The molecule has 3 aromatic heterocycles. The predicted molar refractivity (Wildman–Crippen MR) is 70.9 cm³/mol. The number of imidazole rings is 1. The van der Waals surface area contributed by atoms with Gasteiger partial charge in [0, 0.05) is 17.3 Å². The Morgan fingerprint density at radius 1 is 1.26 bits per heavy atom. The van der Waals surface area contributed by atoms with Crippen molar-refractivity contribution >= 4 is 11.2 Å². The van der Waals surface area contributed by atoms with Crippen LogP contribution in [0.3, 0.4) is 0 Å². The molecule has 7 nitrogen and oxygen atoms in total. The summed E-state index contributed by atoms with van der Waals surface area (Å²) in [7, 11) is 0. The summed E-state index contributed by atoms with van der Waals surface area (Å²) < 4.78 is 1.79. The third kappa shape index (κ3) is 1.70. The summed E-state index contributed by atoms with van der Waals surface area (Å²) in [5, 5.41) is 4.53. The number of hydrogen-bond acceptors (Lipinski definition) is 5. The quantitative estimate of drug-likeness (QED) is 0.718. The zero-order chi connectivity index (χ0) is 13.6. The Hall–Kier alpha value is -2.28. The predicted octanol–water partition coefficient (Wildman–Crippen LogP) is 1.18. The van der Waals surface area contributed by atoms with Gasteiger partial charge in [-0.2, -0.15) is 5.10 Å². The zero-order valence-corrected chi connectivity index (χ0v) is 11.0. The minimum Gasteiger partial charge on any atom is -0.340 e. The van der Waals surface area contributed by atoms with Gasteiger partial charge >= 0.3 is 0 Å². The standard InChI is InChI=1S/C12H15N7/c1-6(13)9-7(2)18-19(8(9)3)12-10-11(15-4-14-10)16-5-17-12/h4-6H,13H2,1-3H3,(H,14,15,16,17). The molecule has 0 aliphatic rings. The Labute approximate surface area is 109 Å². The first-order valence-electron chi connectivity index (χ1n) is 6.05. The van der Waals surface area contributed by atoms with Crippen LogP contribution in [0.15, 0.2) is 12.7 Å². The van der Waals surface area contributed by atoms with E-state index in [9.17, 15) is 0 Å². The smallest absolute Gasteiger partial charge is 0.182 e. The summed E-state index contributed by atoms with van der Waals surface area (Å²) in [6.07, 6.45) is 3.08. The maximum atomic E-state index is 5.99. The van der Waals surface area contributed by atoms with Crippen molar-refractivity contribution in [2.75, 3.05) is 0 Å². The third-order valence-electron chi connectivity index (χ3n) is 3.21. The number of fused-ring (bicyclic) bond motifs is 1. The highest BCUT2D eigenvalue weighted by Gasteiger charge is 2.18. The van der Waals surface area contributed by atoms with Crippen molar-refractivity contribution in [1.82, 2.24) is 29.7 Å². The van der Waals surface area contributed by atoms with E-state index >= 15 is 0 Å². The number of aromatic amines is 1. The SMILES string of the molecule is Cc1nn(-c2ncnc3nc[nH]c23)c(C)c1C(C)N. The summed E-state index contributed by atoms with van der Waals surface area (Å²) in [6, 6.07) is -0.0622. The molecule has 0 bridgehead atoms. The van der Waals surface area contributed by atoms with E-state index in [4.69, 9.17) is 5.73 Å². The van der Waals surface area contributed by atoms with Crippen LogP contribution in [0.2, 0.25) is 0 Å². The van der Waals surface area contributed by atoms with Gasteiger partial charge in [-0.3, -0.25) is 0 Å². The van der Waals surface area contributed by atoms with Crippen LogP contribution in [0, 0.1) is 13.8 Å². The molecule has 3 N–H and O–H groups in total. The Balaban J connectivity index is 2.28. The zero-order valence-electron chi connectivity index (χ0n) is 11.0. The Morgan fingerprint density at radius 2 is 2.05 bits per heavy atom. The summed E-state index contributed by atoms with van der Waals surface area (Å²) >= 11 is 0. The van der Waals surface area contributed by atoms with Gasteiger partial charge < -0.3 is 10.7 Å². The average molecular weight is 257 g/mol. The van der Waals surface area contributed by atoms with E-state index in [1.165, 1.54) is 6.33 Å². The van der Waals surface area contributed by atoms with Crippen LogP contribution in [0.1, 0.15) is 29.9 Å². The number of H-pyrrole nitrogens is 1. The van der Waals surface area contributed by atoms with Gasteiger partial charge in [0.2, 0.25) is 0 Å². The van der Waals surface area contributed by atoms with Gasteiger partial charge in [-0.15, -0.1) is 0 Å². The molecule has 19 heavy (non-hydrogen) atoms. The molecule has 0 saturated heterocycles. The highest BCUT2D eigenvalue weighted by molar-refractivity contribution is 5.77. The van der Waals surface area contributed by atoms with Gasteiger partial charge in [0.25, 0.3) is 0 Å². The maximum Gasteiger partial charge on any atom is 0.182 e. The van der Waals surface area contributed by atoms with Gasteiger partial charge in [0.15, 0.2) is 11.5 Å². The number of hydrogen-bond donors (Lipinski definition) is 2. The Bertz CT molecular complexity index is 738. The number of aryl methyl sites for hydroxylation is 1. The molecule has 7 heteroatoms. The van der Waals surface area contributed by atoms with Crippen molar-refractivity contribution in [3.8, 4) is 5.82 Å². The van der Waals surface area contributed by atoms with Crippen molar-refractivity contribution in [2.45, 2.75) is 26.8 Å². The summed E-state index contributed by atoms with van der Waals surface area (Å²) in [6.45, 7) is 5.89. The second-order valence-corrected chi connectivity index (χ2v) is 4.58. The normalized spacial score (nSPS) is 13.1. The molecule has 1 atom stereocenters. The molecule has 0 spiro atoms. The number of aromatic nitrogens is 6. The monoisotopic (exact) mass is 257 g/mol. The number of nitrogens with two attached hydrogens (primary N) is 1. The van der Waals surface area contributed by atoms with Crippen LogP contribution >= 0.6 is 0 Å². The van der Waals surface area contributed by atoms with Crippen LogP contribution in [-0.4, -0.2) is 29.7 Å². The number of nitrogens with zero attached hydrogens (tertiary/aromatic N) is 5. The van der Waals surface area contributed by atoms with Gasteiger partial charge in [-0.05, 0) is 20.8 Å². The molecule has 3 aromatic rings.